The second kappa shape index (κ2) is 7.68. The number of benzene rings is 2. The van der Waals surface area contributed by atoms with Gasteiger partial charge in [-0.15, -0.1) is 0 Å². The molecule has 4 N–H and O–H groups in total. The van der Waals surface area contributed by atoms with Crippen LogP contribution in [0, 0.1) is 11.2 Å². The maximum absolute atomic E-state index is 12.8. The number of hydrogen-bond acceptors (Lipinski definition) is 5. The van der Waals surface area contributed by atoms with Gasteiger partial charge in [-0.1, -0.05) is 12.1 Å². The molecule has 6 nitrogen and oxygen atoms in total. The lowest BCUT2D eigenvalue weighted by Crippen LogP contribution is -2.28. The number of aromatic hydroxyl groups is 1. The Morgan fingerprint density at radius 1 is 1.08 bits per heavy atom. The summed E-state index contributed by atoms with van der Waals surface area (Å²) in [4.78, 5) is 23.6. The quantitative estimate of drug-likeness (QED) is 0.283. The Kier molecular flexibility index (Phi) is 5.40. The molecular weight excluding hydrogens is 313 g/mol. The van der Waals surface area contributed by atoms with Gasteiger partial charge >= 0.3 is 0 Å². The fourth-order valence-electron chi connectivity index (χ4n) is 1.72. The van der Waals surface area contributed by atoms with Gasteiger partial charge in [0.2, 0.25) is 5.78 Å². The number of nitrogens with one attached hydrogen (secondary N) is 3. The Morgan fingerprint density at radius 3 is 2.42 bits per heavy atom. The number of phenolic OH excluding ortho intramolecular Hbond substituents is 1. The van der Waals surface area contributed by atoms with Crippen molar-refractivity contribution in [3.63, 3.8) is 0 Å². The van der Waals surface area contributed by atoms with Gasteiger partial charge in [0.15, 0.2) is 5.71 Å². The topological polar surface area (TPSA) is 102 Å². The average Bonchev–Trinajstić information content (AvgIpc) is 2.57. The van der Waals surface area contributed by atoms with E-state index in [0.29, 0.717) is 5.69 Å². The lowest BCUT2D eigenvalue weighted by molar-refractivity contribution is -0.113. The van der Waals surface area contributed by atoms with Crippen LogP contribution in [-0.2, 0) is 9.59 Å². The third-order valence-electron chi connectivity index (χ3n) is 2.95. The molecule has 122 valence electrons. The molecule has 0 fully saturated rings. The summed E-state index contributed by atoms with van der Waals surface area (Å²) in [5.74, 6) is -2.19. The van der Waals surface area contributed by atoms with Crippen molar-refractivity contribution in [2.24, 2.45) is 0 Å². The lowest BCUT2D eigenvalue weighted by atomic mass is 10.2. The molecule has 0 aliphatic heterocycles. The molecule has 0 atom stereocenters. The molecule has 1 amide bonds. The lowest BCUT2D eigenvalue weighted by Gasteiger charge is -2.05. The number of carbonyl (C=O) groups is 2. The van der Waals surface area contributed by atoms with Gasteiger partial charge in [-0.3, -0.25) is 15.0 Å². The maximum atomic E-state index is 12.8. The molecule has 0 spiro atoms. The Morgan fingerprint density at radius 2 is 1.75 bits per heavy atom. The van der Waals surface area contributed by atoms with E-state index in [1.807, 2.05) is 0 Å². The van der Waals surface area contributed by atoms with Crippen molar-refractivity contribution in [3.8, 4) is 5.75 Å². The van der Waals surface area contributed by atoms with Gasteiger partial charge in [-0.2, -0.15) is 0 Å². The number of allylic oxidation sites excluding steroid dienone is 1. The van der Waals surface area contributed by atoms with Crippen LogP contribution in [0.15, 0.2) is 60.8 Å². The predicted octanol–water partition coefficient (Wildman–Crippen LogP) is 2.68. The number of anilines is 2. The van der Waals surface area contributed by atoms with Crippen LogP contribution < -0.4 is 10.6 Å². The molecule has 7 heteroatoms. The van der Waals surface area contributed by atoms with E-state index < -0.39 is 23.2 Å². The molecule has 0 aliphatic rings. The Hall–Kier alpha value is -3.48. The first-order valence-electron chi connectivity index (χ1n) is 6.88. The van der Waals surface area contributed by atoms with E-state index in [4.69, 9.17) is 5.41 Å². The first kappa shape index (κ1) is 16.9. The van der Waals surface area contributed by atoms with Crippen molar-refractivity contribution in [2.75, 3.05) is 10.6 Å². The fraction of sp³-hybridized carbons (Fsp3) is 0. The first-order chi connectivity index (χ1) is 11.5. The summed E-state index contributed by atoms with van der Waals surface area (Å²) in [5, 5.41) is 22.1. The minimum Gasteiger partial charge on any atom is -0.506 e. The number of carbonyl (C=O) groups excluding carboxylic acids is 2. The summed E-state index contributed by atoms with van der Waals surface area (Å²) in [6, 6.07) is 11.3. The Bertz CT molecular complexity index is 801. The van der Waals surface area contributed by atoms with E-state index in [1.165, 1.54) is 24.4 Å². The highest BCUT2D eigenvalue weighted by molar-refractivity contribution is 6.68. The molecule has 0 heterocycles. The van der Waals surface area contributed by atoms with E-state index in [1.54, 1.807) is 18.2 Å². The Labute approximate surface area is 137 Å². The van der Waals surface area contributed by atoms with Crippen LogP contribution in [-0.4, -0.2) is 22.5 Å². The third kappa shape index (κ3) is 4.51. The van der Waals surface area contributed by atoms with Gasteiger partial charge < -0.3 is 15.7 Å². The minimum absolute atomic E-state index is 0.00118. The third-order valence-corrected chi connectivity index (χ3v) is 2.95. The minimum atomic E-state index is -0.904. The van der Waals surface area contributed by atoms with Gasteiger partial charge in [0.1, 0.15) is 11.6 Å². The number of amides is 1. The Balaban J connectivity index is 1.92. The van der Waals surface area contributed by atoms with Gasteiger partial charge in [0, 0.05) is 18.0 Å². The highest BCUT2D eigenvalue weighted by Gasteiger charge is 2.16. The van der Waals surface area contributed by atoms with Crippen LogP contribution in [0.25, 0.3) is 0 Å². The number of rotatable bonds is 6. The summed E-state index contributed by atoms with van der Waals surface area (Å²) < 4.78 is 12.8. The summed E-state index contributed by atoms with van der Waals surface area (Å²) in [6.07, 6.45) is 2.22. The van der Waals surface area contributed by atoms with Crippen molar-refractivity contribution < 1.29 is 19.1 Å². The molecule has 0 unspecified atom stereocenters. The molecule has 0 aromatic heterocycles. The molecule has 0 radical (unpaired) electrons. The number of ketones is 1. The summed E-state index contributed by atoms with van der Waals surface area (Å²) >= 11 is 0. The van der Waals surface area contributed by atoms with Crippen LogP contribution in [0.5, 0.6) is 5.75 Å². The van der Waals surface area contributed by atoms with Gasteiger partial charge in [0.05, 0.1) is 5.69 Å². The molecular formula is C17H14FN3O3. The summed E-state index contributed by atoms with van der Waals surface area (Å²) in [6.45, 7) is 0. The van der Waals surface area contributed by atoms with E-state index >= 15 is 0 Å². The number of hydrogen-bond donors (Lipinski definition) is 4. The second-order valence-electron chi connectivity index (χ2n) is 4.70. The molecule has 2 rings (SSSR count). The van der Waals surface area contributed by atoms with E-state index in [2.05, 4.69) is 10.6 Å². The van der Waals surface area contributed by atoms with Gasteiger partial charge in [-0.05, 0) is 36.4 Å². The fourth-order valence-corrected chi connectivity index (χ4v) is 1.72. The zero-order valence-corrected chi connectivity index (χ0v) is 12.4. The predicted molar refractivity (Wildman–Crippen MR) is 88.6 cm³/mol. The van der Waals surface area contributed by atoms with Gasteiger partial charge in [0.25, 0.3) is 5.91 Å². The number of phenols is 1. The molecule has 2 aromatic carbocycles. The van der Waals surface area contributed by atoms with Crippen molar-refractivity contribution in [1.82, 2.24) is 0 Å². The normalized spacial score (nSPS) is 10.4. The summed E-state index contributed by atoms with van der Waals surface area (Å²) in [5.41, 5.74) is -0.117. The highest BCUT2D eigenvalue weighted by atomic mass is 19.1. The van der Waals surface area contributed by atoms with E-state index in [-0.39, 0.29) is 11.4 Å². The van der Waals surface area contributed by atoms with Crippen molar-refractivity contribution in [3.05, 3.63) is 66.6 Å². The molecule has 0 saturated heterocycles. The monoisotopic (exact) mass is 327 g/mol. The zero-order valence-electron chi connectivity index (χ0n) is 12.4. The molecule has 2 aromatic rings. The second-order valence-corrected chi connectivity index (χ2v) is 4.70. The number of halogens is 1. The SMILES string of the molecule is N=C(C(=O)/C=C\Nc1ccccc1O)C(=O)Nc1ccc(F)cc1. The van der Waals surface area contributed by atoms with Crippen molar-refractivity contribution in [1.29, 1.82) is 5.41 Å². The maximum Gasteiger partial charge on any atom is 0.277 e. The summed E-state index contributed by atoms with van der Waals surface area (Å²) in [7, 11) is 0. The van der Waals surface area contributed by atoms with Gasteiger partial charge in [-0.25, -0.2) is 4.39 Å². The molecule has 24 heavy (non-hydrogen) atoms. The van der Waals surface area contributed by atoms with E-state index in [9.17, 15) is 19.1 Å². The van der Waals surface area contributed by atoms with Crippen molar-refractivity contribution >= 4 is 28.8 Å². The average molecular weight is 327 g/mol. The largest absolute Gasteiger partial charge is 0.506 e. The molecule has 0 aliphatic carbocycles. The van der Waals surface area contributed by atoms with Crippen LogP contribution in [0.3, 0.4) is 0 Å². The number of para-hydroxylation sites is 2. The van der Waals surface area contributed by atoms with Crippen LogP contribution in [0.4, 0.5) is 15.8 Å². The first-order valence-corrected chi connectivity index (χ1v) is 6.88. The van der Waals surface area contributed by atoms with Crippen LogP contribution in [0.2, 0.25) is 0 Å². The smallest absolute Gasteiger partial charge is 0.277 e. The molecule has 0 bridgehead atoms. The standard InChI is InChI=1S/C17H14FN3O3/c18-11-5-7-12(8-6-11)21-17(24)16(19)15(23)9-10-20-13-3-1-2-4-14(13)22/h1-10,19-20,22H,(H,21,24)/b10-9-,19-16?. The van der Waals surface area contributed by atoms with Crippen LogP contribution in [0.1, 0.15) is 0 Å². The molecule has 0 saturated carbocycles. The zero-order chi connectivity index (χ0) is 17.5. The van der Waals surface area contributed by atoms with Crippen molar-refractivity contribution in [2.45, 2.75) is 0 Å². The van der Waals surface area contributed by atoms with E-state index in [0.717, 1.165) is 18.2 Å². The van der Waals surface area contributed by atoms with Crippen LogP contribution >= 0.6 is 0 Å². The highest BCUT2D eigenvalue weighted by Crippen LogP contribution is 2.21.